The Kier molecular flexibility index (Phi) is 8.63. The summed E-state index contributed by atoms with van der Waals surface area (Å²) in [5, 5.41) is 10.6. The molecule has 2 aromatic carbocycles. The number of nitrogens with zero attached hydrogens (tertiary/aromatic N) is 2. The van der Waals surface area contributed by atoms with E-state index in [1.165, 1.54) is 30.3 Å². The highest BCUT2D eigenvalue weighted by atomic mass is 32.2. The van der Waals surface area contributed by atoms with Gasteiger partial charge in [-0.25, -0.2) is 4.79 Å². The van der Waals surface area contributed by atoms with E-state index in [0.717, 1.165) is 11.3 Å². The van der Waals surface area contributed by atoms with Crippen molar-refractivity contribution in [2.24, 2.45) is 0 Å². The Hall–Kier alpha value is -3.86. The molecular formula is C23H25N3O7S. The van der Waals surface area contributed by atoms with Crippen LogP contribution >= 0.6 is 0 Å². The van der Waals surface area contributed by atoms with Gasteiger partial charge in [-0.05, 0) is 49.7 Å². The zero-order valence-electron chi connectivity index (χ0n) is 18.8. The maximum Gasteiger partial charge on any atom is 0.344 e. The average Bonchev–Trinajstić information content (AvgIpc) is 2.81. The Bertz CT molecular complexity index is 1200. The molecule has 0 atom stereocenters. The van der Waals surface area contributed by atoms with Crippen LogP contribution < -0.4 is 19.0 Å². The number of carbonyl (C=O) groups is 1. The Balaban J connectivity index is 1.62. The van der Waals surface area contributed by atoms with Crippen molar-refractivity contribution in [3.05, 3.63) is 66.5 Å². The predicted molar refractivity (Wildman–Crippen MR) is 124 cm³/mol. The highest BCUT2D eigenvalue weighted by Gasteiger charge is 2.19. The Morgan fingerprint density at radius 1 is 1.00 bits per heavy atom. The van der Waals surface area contributed by atoms with Gasteiger partial charge in [-0.1, -0.05) is 6.07 Å². The van der Waals surface area contributed by atoms with E-state index in [1.807, 2.05) is 0 Å². The lowest BCUT2D eigenvalue weighted by Gasteiger charge is -2.12. The number of anilines is 1. The lowest BCUT2D eigenvalue weighted by Crippen LogP contribution is -2.15. The van der Waals surface area contributed by atoms with Crippen molar-refractivity contribution < 1.29 is 31.6 Å². The van der Waals surface area contributed by atoms with Crippen LogP contribution in [0.5, 0.6) is 17.2 Å². The van der Waals surface area contributed by atoms with Crippen molar-refractivity contribution in [2.45, 2.75) is 18.7 Å². The fourth-order valence-corrected chi connectivity index (χ4v) is 3.80. The third-order valence-electron chi connectivity index (χ3n) is 4.27. The number of aryl methyl sites for hydroxylation is 1. The Labute approximate surface area is 198 Å². The van der Waals surface area contributed by atoms with Crippen molar-refractivity contribution >= 4 is 21.8 Å². The summed E-state index contributed by atoms with van der Waals surface area (Å²) in [5.74, 6) is 0.223. The maximum absolute atomic E-state index is 12.8. The van der Waals surface area contributed by atoms with Gasteiger partial charge in [-0.2, -0.15) is 18.6 Å². The summed E-state index contributed by atoms with van der Waals surface area (Å²) in [4.78, 5) is 11.3. The molecule has 0 unspecified atom stereocenters. The first kappa shape index (κ1) is 24.8. The number of hydrogen-bond donors (Lipinski definition) is 1. The minimum Gasteiger partial charge on any atom is -0.492 e. The molecule has 10 nitrogen and oxygen atoms in total. The summed E-state index contributed by atoms with van der Waals surface area (Å²) >= 11 is 0. The van der Waals surface area contributed by atoms with Crippen LogP contribution in [0, 0.1) is 6.92 Å². The van der Waals surface area contributed by atoms with Gasteiger partial charge in [0, 0.05) is 18.7 Å². The molecule has 0 aliphatic heterocycles. The van der Waals surface area contributed by atoms with Crippen LogP contribution in [-0.4, -0.2) is 50.9 Å². The smallest absolute Gasteiger partial charge is 0.344 e. The van der Waals surface area contributed by atoms with E-state index in [4.69, 9.17) is 18.4 Å². The molecule has 1 aromatic heterocycles. The SMILES string of the molecule is CCOC(=O)COc1cccc(S(=O)(=O)Oc2cc(C)cc(OCCNc3ccnnc3)c2)c1. The average molecular weight is 488 g/mol. The van der Waals surface area contributed by atoms with Crippen molar-refractivity contribution in [1.82, 2.24) is 10.2 Å². The van der Waals surface area contributed by atoms with E-state index in [1.54, 1.807) is 44.4 Å². The van der Waals surface area contributed by atoms with Crippen molar-refractivity contribution in [2.75, 3.05) is 31.7 Å². The van der Waals surface area contributed by atoms with Gasteiger partial charge in [0.1, 0.15) is 28.8 Å². The summed E-state index contributed by atoms with van der Waals surface area (Å²) in [5.41, 5.74) is 1.58. The van der Waals surface area contributed by atoms with Crippen LogP contribution in [0.2, 0.25) is 0 Å². The Morgan fingerprint density at radius 3 is 2.59 bits per heavy atom. The van der Waals surface area contributed by atoms with Crippen molar-refractivity contribution in [3.63, 3.8) is 0 Å². The molecule has 180 valence electrons. The standard InChI is InChI=1S/C23H25N3O7S/c1-3-30-23(27)16-32-19-5-4-6-22(14-19)34(28,29)33-21-12-17(2)11-20(13-21)31-10-9-24-18-7-8-25-26-15-18/h4-8,11-15H,3,9-10,16H2,1-2H3,(H,24,25). The molecule has 0 saturated carbocycles. The van der Waals surface area contributed by atoms with Gasteiger partial charge in [0.25, 0.3) is 0 Å². The normalized spacial score (nSPS) is 10.9. The number of carbonyl (C=O) groups excluding carboxylic acids is 1. The molecule has 0 bridgehead atoms. The van der Waals surface area contributed by atoms with Gasteiger partial charge in [-0.15, -0.1) is 0 Å². The van der Waals surface area contributed by atoms with Crippen molar-refractivity contribution in [1.29, 1.82) is 0 Å². The second kappa shape index (κ2) is 11.8. The van der Waals surface area contributed by atoms with Crippen LogP contribution in [0.25, 0.3) is 0 Å². The zero-order valence-corrected chi connectivity index (χ0v) is 19.6. The van der Waals surface area contributed by atoms with E-state index in [9.17, 15) is 13.2 Å². The quantitative estimate of drug-likeness (QED) is 0.231. The largest absolute Gasteiger partial charge is 0.492 e. The third kappa shape index (κ3) is 7.62. The molecule has 11 heteroatoms. The van der Waals surface area contributed by atoms with Gasteiger partial charge in [0.05, 0.1) is 24.7 Å². The molecule has 34 heavy (non-hydrogen) atoms. The molecule has 0 saturated heterocycles. The van der Waals surface area contributed by atoms with Crippen LogP contribution in [-0.2, 0) is 19.6 Å². The number of benzene rings is 2. The minimum atomic E-state index is -4.16. The van der Waals surface area contributed by atoms with Gasteiger partial charge in [0.2, 0.25) is 0 Å². The first-order valence-electron chi connectivity index (χ1n) is 10.4. The fraction of sp³-hybridized carbons (Fsp3) is 0.261. The number of ether oxygens (including phenoxy) is 3. The van der Waals surface area contributed by atoms with E-state index in [-0.39, 0.29) is 29.6 Å². The van der Waals surface area contributed by atoms with Gasteiger partial charge >= 0.3 is 16.1 Å². The summed E-state index contributed by atoms with van der Waals surface area (Å²) in [6.07, 6.45) is 3.18. The summed E-state index contributed by atoms with van der Waals surface area (Å²) in [6, 6.07) is 12.3. The van der Waals surface area contributed by atoms with E-state index in [2.05, 4.69) is 15.5 Å². The third-order valence-corrected chi connectivity index (χ3v) is 5.51. The van der Waals surface area contributed by atoms with Crippen LogP contribution in [0.3, 0.4) is 0 Å². The highest BCUT2D eigenvalue weighted by molar-refractivity contribution is 7.87. The summed E-state index contributed by atoms with van der Waals surface area (Å²) < 4.78 is 46.7. The number of esters is 1. The highest BCUT2D eigenvalue weighted by Crippen LogP contribution is 2.27. The second-order valence-electron chi connectivity index (χ2n) is 6.99. The molecule has 0 spiro atoms. The molecule has 0 aliphatic rings. The number of rotatable bonds is 12. The molecule has 1 N–H and O–H groups in total. The first-order valence-corrected chi connectivity index (χ1v) is 11.8. The lowest BCUT2D eigenvalue weighted by molar-refractivity contribution is -0.145. The van der Waals surface area contributed by atoms with Crippen LogP contribution in [0.4, 0.5) is 5.69 Å². The Morgan fingerprint density at radius 2 is 1.82 bits per heavy atom. The van der Waals surface area contributed by atoms with E-state index < -0.39 is 16.1 Å². The molecular weight excluding hydrogens is 462 g/mol. The lowest BCUT2D eigenvalue weighted by atomic mass is 10.2. The van der Waals surface area contributed by atoms with Gasteiger partial charge in [0.15, 0.2) is 6.61 Å². The van der Waals surface area contributed by atoms with E-state index >= 15 is 0 Å². The van der Waals surface area contributed by atoms with Crippen LogP contribution in [0.1, 0.15) is 12.5 Å². The molecule has 0 radical (unpaired) electrons. The number of hydrogen-bond acceptors (Lipinski definition) is 10. The summed E-state index contributed by atoms with van der Waals surface area (Å²) in [6.45, 7) is 4.22. The monoisotopic (exact) mass is 487 g/mol. The first-order chi connectivity index (χ1) is 16.4. The number of nitrogens with one attached hydrogen (secondary N) is 1. The molecule has 0 fully saturated rings. The molecule has 1 heterocycles. The zero-order chi connectivity index (χ0) is 24.4. The van der Waals surface area contributed by atoms with Crippen molar-refractivity contribution in [3.8, 4) is 17.2 Å². The molecule has 0 aliphatic carbocycles. The van der Waals surface area contributed by atoms with Gasteiger partial charge < -0.3 is 23.7 Å². The molecule has 0 amide bonds. The topological polar surface area (TPSA) is 126 Å². The maximum atomic E-state index is 12.8. The number of aromatic nitrogens is 2. The predicted octanol–water partition coefficient (Wildman–Crippen LogP) is 2.99. The summed E-state index contributed by atoms with van der Waals surface area (Å²) in [7, 11) is -4.16. The fourth-order valence-electron chi connectivity index (χ4n) is 2.84. The molecule has 3 rings (SSSR count). The van der Waals surface area contributed by atoms with Crippen LogP contribution in [0.15, 0.2) is 65.8 Å². The minimum absolute atomic E-state index is 0.110. The molecule has 3 aromatic rings. The second-order valence-corrected chi connectivity index (χ2v) is 8.54. The van der Waals surface area contributed by atoms with E-state index in [0.29, 0.717) is 18.9 Å². The van der Waals surface area contributed by atoms with Gasteiger partial charge in [-0.3, -0.25) is 0 Å².